The Bertz CT molecular complexity index is 1040. The van der Waals surface area contributed by atoms with Crippen molar-refractivity contribution in [3.8, 4) is 0 Å². The Kier molecular flexibility index (Phi) is 8.45. The van der Waals surface area contributed by atoms with Gasteiger partial charge >= 0.3 is 0 Å². The van der Waals surface area contributed by atoms with Crippen LogP contribution in [-0.4, -0.2) is 26.6 Å². The molecule has 1 N–H and O–H groups in total. The van der Waals surface area contributed by atoms with Crippen molar-refractivity contribution >= 4 is 27.3 Å². The maximum absolute atomic E-state index is 13.5. The first-order valence-corrected chi connectivity index (χ1v) is 12.9. The number of hydrogen-bond donors (Lipinski definition) is 1. The molecule has 0 atom stereocenters. The van der Waals surface area contributed by atoms with E-state index in [-0.39, 0.29) is 11.4 Å². The SMILES string of the molecule is CCc1ccccc1N(CC(=O)NN=C1CCCCCCC1)S(=O)(=O)c1ccc(C)cc1. The average Bonchev–Trinajstić information content (AvgIpc) is 2.77. The molecule has 0 heterocycles. The Balaban J connectivity index is 1.87. The molecule has 172 valence electrons. The molecule has 0 radical (unpaired) electrons. The van der Waals surface area contributed by atoms with Crippen molar-refractivity contribution in [2.45, 2.75) is 70.1 Å². The minimum absolute atomic E-state index is 0.160. The number of para-hydroxylation sites is 1. The van der Waals surface area contributed by atoms with Crippen LogP contribution in [0.1, 0.15) is 63.0 Å². The molecule has 1 aliphatic carbocycles. The molecule has 1 fully saturated rings. The second-order valence-electron chi connectivity index (χ2n) is 8.29. The lowest BCUT2D eigenvalue weighted by Gasteiger charge is -2.26. The van der Waals surface area contributed by atoms with Crippen molar-refractivity contribution in [1.29, 1.82) is 0 Å². The van der Waals surface area contributed by atoms with E-state index in [1.165, 1.54) is 23.6 Å². The molecule has 6 nitrogen and oxygen atoms in total. The van der Waals surface area contributed by atoms with Gasteiger partial charge in [0.2, 0.25) is 0 Å². The molecule has 1 amide bonds. The van der Waals surface area contributed by atoms with Gasteiger partial charge in [0, 0.05) is 5.71 Å². The van der Waals surface area contributed by atoms with Crippen LogP contribution in [-0.2, 0) is 21.2 Å². The maximum atomic E-state index is 13.5. The van der Waals surface area contributed by atoms with Crippen LogP contribution in [0.4, 0.5) is 5.69 Å². The summed E-state index contributed by atoms with van der Waals surface area (Å²) in [6.07, 6.45) is 8.18. The number of nitrogens with one attached hydrogen (secondary N) is 1. The average molecular weight is 456 g/mol. The summed E-state index contributed by atoms with van der Waals surface area (Å²) in [5.74, 6) is -0.443. The van der Waals surface area contributed by atoms with E-state index in [2.05, 4.69) is 10.5 Å². The highest BCUT2D eigenvalue weighted by Gasteiger charge is 2.28. The second-order valence-corrected chi connectivity index (χ2v) is 10.2. The van der Waals surface area contributed by atoms with E-state index in [1.807, 2.05) is 26.0 Å². The van der Waals surface area contributed by atoms with E-state index in [9.17, 15) is 13.2 Å². The predicted molar refractivity (Wildman–Crippen MR) is 129 cm³/mol. The number of hydrazone groups is 1. The fourth-order valence-corrected chi connectivity index (χ4v) is 5.38. The number of carbonyl (C=O) groups excluding carboxylic acids is 1. The molecule has 1 aliphatic rings. The van der Waals surface area contributed by atoms with Crippen LogP contribution in [0.2, 0.25) is 0 Å². The summed E-state index contributed by atoms with van der Waals surface area (Å²) in [5, 5.41) is 4.34. The lowest BCUT2D eigenvalue weighted by molar-refractivity contribution is -0.119. The topological polar surface area (TPSA) is 78.8 Å². The Labute approximate surface area is 191 Å². The molecular formula is C25H33N3O3S. The zero-order chi connectivity index (χ0) is 23.0. The Morgan fingerprint density at radius 2 is 1.59 bits per heavy atom. The van der Waals surface area contributed by atoms with Crippen LogP contribution < -0.4 is 9.73 Å². The van der Waals surface area contributed by atoms with Crippen molar-refractivity contribution in [2.75, 3.05) is 10.8 Å². The van der Waals surface area contributed by atoms with Gasteiger partial charge in [0.25, 0.3) is 15.9 Å². The summed E-state index contributed by atoms with van der Waals surface area (Å²) in [6.45, 7) is 3.54. The molecule has 0 saturated heterocycles. The van der Waals surface area contributed by atoms with Crippen molar-refractivity contribution in [3.63, 3.8) is 0 Å². The number of sulfonamides is 1. The minimum atomic E-state index is -3.93. The summed E-state index contributed by atoms with van der Waals surface area (Å²) < 4.78 is 28.3. The smallest absolute Gasteiger partial charge is 0.264 e. The molecule has 0 spiro atoms. The lowest BCUT2D eigenvalue weighted by Crippen LogP contribution is -2.40. The van der Waals surface area contributed by atoms with Gasteiger partial charge < -0.3 is 0 Å². The van der Waals surface area contributed by atoms with Gasteiger partial charge in [-0.15, -0.1) is 0 Å². The van der Waals surface area contributed by atoms with Crippen LogP contribution in [0.15, 0.2) is 58.5 Å². The highest BCUT2D eigenvalue weighted by molar-refractivity contribution is 7.92. The number of carbonyl (C=O) groups is 1. The zero-order valence-corrected chi connectivity index (χ0v) is 19.8. The standard InChI is InChI=1S/C25H33N3O3S/c1-3-21-11-9-10-14-24(21)28(32(30,31)23-17-15-20(2)16-18-23)19-25(29)27-26-22-12-7-5-4-6-8-13-22/h9-11,14-18H,3-8,12-13,19H2,1-2H3,(H,27,29). The number of rotatable bonds is 7. The third-order valence-electron chi connectivity index (χ3n) is 5.81. The first-order valence-electron chi connectivity index (χ1n) is 11.4. The maximum Gasteiger partial charge on any atom is 0.264 e. The molecule has 2 aromatic carbocycles. The third kappa shape index (κ3) is 6.19. The Morgan fingerprint density at radius 1 is 0.969 bits per heavy atom. The minimum Gasteiger partial charge on any atom is -0.271 e. The van der Waals surface area contributed by atoms with Crippen molar-refractivity contribution in [1.82, 2.24) is 5.43 Å². The Hall–Kier alpha value is -2.67. The molecule has 1 saturated carbocycles. The molecule has 0 unspecified atom stereocenters. The van der Waals surface area contributed by atoms with E-state index in [0.29, 0.717) is 12.1 Å². The molecule has 2 aromatic rings. The van der Waals surface area contributed by atoms with Crippen LogP contribution in [0.25, 0.3) is 0 Å². The van der Waals surface area contributed by atoms with Gasteiger partial charge in [-0.2, -0.15) is 5.10 Å². The van der Waals surface area contributed by atoms with E-state index in [4.69, 9.17) is 0 Å². The van der Waals surface area contributed by atoms with Crippen molar-refractivity contribution in [3.05, 3.63) is 59.7 Å². The first-order chi connectivity index (χ1) is 15.4. The highest BCUT2D eigenvalue weighted by atomic mass is 32.2. The third-order valence-corrected chi connectivity index (χ3v) is 7.58. The monoisotopic (exact) mass is 455 g/mol. The van der Waals surface area contributed by atoms with Crippen LogP contribution >= 0.6 is 0 Å². The molecule has 3 rings (SSSR count). The highest BCUT2D eigenvalue weighted by Crippen LogP contribution is 2.27. The van der Waals surface area contributed by atoms with Crippen LogP contribution in [0.5, 0.6) is 0 Å². The summed E-state index contributed by atoms with van der Waals surface area (Å²) in [5.41, 5.74) is 5.95. The van der Waals surface area contributed by atoms with Gasteiger partial charge in [0.05, 0.1) is 10.6 Å². The first kappa shape index (κ1) is 24.0. The second kappa shape index (κ2) is 11.3. The number of anilines is 1. The fraction of sp³-hybridized carbons (Fsp3) is 0.440. The summed E-state index contributed by atoms with van der Waals surface area (Å²) in [6, 6.07) is 14.0. The van der Waals surface area contributed by atoms with Gasteiger partial charge in [0.15, 0.2) is 0 Å². The fourth-order valence-electron chi connectivity index (χ4n) is 3.92. The molecule has 0 aromatic heterocycles. The van der Waals surface area contributed by atoms with Gasteiger partial charge in [-0.3, -0.25) is 9.10 Å². The lowest BCUT2D eigenvalue weighted by atomic mass is 9.99. The molecule has 0 aliphatic heterocycles. The van der Waals surface area contributed by atoms with Gasteiger partial charge in [-0.05, 0) is 62.8 Å². The molecule has 32 heavy (non-hydrogen) atoms. The normalized spacial score (nSPS) is 14.9. The summed E-state index contributed by atoms with van der Waals surface area (Å²) in [7, 11) is -3.93. The van der Waals surface area contributed by atoms with E-state index in [0.717, 1.165) is 42.5 Å². The zero-order valence-electron chi connectivity index (χ0n) is 19.0. The van der Waals surface area contributed by atoms with Crippen molar-refractivity contribution in [2.24, 2.45) is 5.10 Å². The molecular weight excluding hydrogens is 422 g/mol. The predicted octanol–water partition coefficient (Wildman–Crippen LogP) is 4.97. The van der Waals surface area contributed by atoms with E-state index < -0.39 is 15.9 Å². The number of amides is 1. The van der Waals surface area contributed by atoms with Gasteiger partial charge in [-0.25, -0.2) is 13.8 Å². The van der Waals surface area contributed by atoms with Crippen molar-refractivity contribution < 1.29 is 13.2 Å². The summed E-state index contributed by atoms with van der Waals surface area (Å²) >= 11 is 0. The number of hydrogen-bond acceptors (Lipinski definition) is 4. The van der Waals surface area contributed by atoms with Gasteiger partial charge in [-0.1, -0.05) is 62.1 Å². The van der Waals surface area contributed by atoms with E-state index in [1.54, 1.807) is 36.4 Å². The largest absolute Gasteiger partial charge is 0.271 e. The number of nitrogens with zero attached hydrogens (tertiary/aromatic N) is 2. The van der Waals surface area contributed by atoms with Gasteiger partial charge in [0.1, 0.15) is 6.54 Å². The number of benzene rings is 2. The summed E-state index contributed by atoms with van der Waals surface area (Å²) in [4.78, 5) is 13.0. The molecule has 0 bridgehead atoms. The quantitative estimate of drug-likeness (QED) is 0.599. The Morgan fingerprint density at radius 3 is 2.25 bits per heavy atom. The van der Waals surface area contributed by atoms with Crippen LogP contribution in [0, 0.1) is 6.92 Å². The molecule has 7 heteroatoms. The van der Waals surface area contributed by atoms with Crippen LogP contribution in [0.3, 0.4) is 0 Å². The number of aryl methyl sites for hydroxylation is 2. The van der Waals surface area contributed by atoms with E-state index >= 15 is 0 Å².